The number of benzene rings is 3. The molecule has 2 aliphatic rings. The molecule has 0 unspecified atom stereocenters. The second-order valence-electron chi connectivity index (χ2n) is 9.86. The van der Waals surface area contributed by atoms with Crippen LogP contribution in [-0.4, -0.2) is 43.8 Å². The molecule has 192 valence electrons. The highest BCUT2D eigenvalue weighted by Crippen LogP contribution is 2.39. The van der Waals surface area contributed by atoms with Gasteiger partial charge in [0.15, 0.2) is 9.84 Å². The normalized spacial score (nSPS) is 20.8. The molecule has 0 aliphatic carbocycles. The van der Waals surface area contributed by atoms with Crippen LogP contribution in [0.25, 0.3) is 11.6 Å². The minimum absolute atomic E-state index is 0.0349. The molecule has 0 saturated carbocycles. The van der Waals surface area contributed by atoms with E-state index in [0.717, 1.165) is 51.1 Å². The lowest BCUT2D eigenvalue weighted by atomic mass is 9.93. The molecule has 1 N–H and O–H groups in total. The highest BCUT2D eigenvalue weighted by molar-refractivity contribution is 7.92. The third kappa shape index (κ3) is 5.50. The Morgan fingerprint density at radius 3 is 2.35 bits per heavy atom. The minimum atomic E-state index is -3.28. The average molecular weight is 517 g/mol. The van der Waals surface area contributed by atoms with Gasteiger partial charge in [0.25, 0.3) is 0 Å². The predicted octanol–water partition coefficient (Wildman–Crippen LogP) is 5.90. The van der Waals surface area contributed by atoms with E-state index in [0.29, 0.717) is 12.2 Å². The van der Waals surface area contributed by atoms with Crippen molar-refractivity contribution in [2.24, 2.45) is 0 Å². The van der Waals surface area contributed by atoms with Gasteiger partial charge in [-0.25, -0.2) is 8.42 Å². The van der Waals surface area contributed by atoms with Crippen LogP contribution >= 0.6 is 0 Å². The van der Waals surface area contributed by atoms with Gasteiger partial charge in [-0.3, -0.25) is 0 Å². The van der Waals surface area contributed by atoms with E-state index in [1.54, 1.807) is 0 Å². The maximum Gasteiger partial charge on any atom is 0.163 e. The lowest BCUT2D eigenvalue weighted by Gasteiger charge is -2.16. The second-order valence-corrected chi connectivity index (χ2v) is 12.0. The van der Waals surface area contributed by atoms with Crippen LogP contribution in [0.15, 0.2) is 83.9 Å². The molecule has 2 atom stereocenters. The summed E-state index contributed by atoms with van der Waals surface area (Å²) in [6.45, 7) is 4.27. The fraction of sp³-hybridized carbons (Fsp3) is 0.290. The molecular weight excluding hydrogens is 484 g/mol. The van der Waals surface area contributed by atoms with Gasteiger partial charge >= 0.3 is 0 Å². The number of hydrogen-bond acceptors (Lipinski definition) is 5. The van der Waals surface area contributed by atoms with Crippen LogP contribution in [0.3, 0.4) is 0 Å². The number of aromatic hydroxyl groups is 1. The number of phenolic OH excluding ortho intramolecular Hbond substituents is 1. The summed E-state index contributed by atoms with van der Waals surface area (Å²) in [5, 5.41) is 9.63. The van der Waals surface area contributed by atoms with Crippen LogP contribution in [0, 0.1) is 13.8 Å². The molecule has 37 heavy (non-hydrogen) atoms. The minimum Gasteiger partial charge on any atom is -0.507 e. The van der Waals surface area contributed by atoms with Gasteiger partial charge in [-0.2, -0.15) is 0 Å². The molecule has 0 amide bonds. The summed E-state index contributed by atoms with van der Waals surface area (Å²) in [6, 6.07) is 23.6. The van der Waals surface area contributed by atoms with Crippen molar-refractivity contribution in [3.8, 4) is 11.5 Å². The van der Waals surface area contributed by atoms with E-state index >= 15 is 0 Å². The van der Waals surface area contributed by atoms with Crippen molar-refractivity contribution in [2.45, 2.75) is 38.0 Å². The first kappa shape index (κ1) is 25.3. The number of hydrogen-bond donors (Lipinski definition) is 1. The number of rotatable bonds is 8. The van der Waals surface area contributed by atoms with Crippen molar-refractivity contribution in [3.63, 3.8) is 0 Å². The van der Waals surface area contributed by atoms with E-state index < -0.39 is 15.1 Å². The van der Waals surface area contributed by atoms with Gasteiger partial charge in [-0.15, -0.1) is 0 Å². The summed E-state index contributed by atoms with van der Waals surface area (Å²) < 4.78 is 37.8. The standard InChI is InChI=1S/C31H32O5S/c1-21-15-23(16-22(2)31(21)32)17-25(24-9-5-3-6-10-24)13-14-28-30-26(18-35-27-11-7-4-8-12-27)20-37(33,34)29(30)19-36-28/h3-12,15-17,28-29,32H,13-14,18-20H2,1-2H3/b25-17-/t28-,29+/m1/s1. The highest BCUT2D eigenvalue weighted by Gasteiger charge is 2.47. The molecule has 1 fully saturated rings. The van der Waals surface area contributed by atoms with Crippen LogP contribution in [0.4, 0.5) is 0 Å². The Hall–Kier alpha value is -3.35. The first-order valence-corrected chi connectivity index (χ1v) is 14.3. The number of fused-ring (bicyclic) bond motifs is 1. The molecule has 0 bridgehead atoms. The molecule has 0 aromatic heterocycles. The Kier molecular flexibility index (Phi) is 7.22. The van der Waals surface area contributed by atoms with Crippen molar-refractivity contribution in [2.75, 3.05) is 19.0 Å². The van der Waals surface area contributed by atoms with Crippen molar-refractivity contribution in [3.05, 3.63) is 106 Å². The van der Waals surface area contributed by atoms with Gasteiger partial charge < -0.3 is 14.6 Å². The summed E-state index contributed by atoms with van der Waals surface area (Å²) in [5.41, 5.74) is 6.67. The number of para-hydroxylation sites is 1. The second kappa shape index (κ2) is 10.6. The zero-order valence-electron chi connectivity index (χ0n) is 21.2. The molecule has 3 aromatic rings. The molecule has 6 heteroatoms. The summed E-state index contributed by atoms with van der Waals surface area (Å²) >= 11 is 0. The lowest BCUT2D eigenvalue weighted by molar-refractivity contribution is 0.118. The number of ether oxygens (including phenoxy) is 2. The number of aryl methyl sites for hydroxylation is 2. The van der Waals surface area contributed by atoms with Gasteiger partial charge in [0, 0.05) is 0 Å². The molecule has 1 saturated heterocycles. The Bertz CT molecular complexity index is 1420. The maximum atomic E-state index is 12.9. The third-order valence-corrected chi connectivity index (χ3v) is 9.20. The van der Waals surface area contributed by atoms with Crippen molar-refractivity contribution < 1.29 is 23.0 Å². The monoisotopic (exact) mass is 516 g/mol. The Morgan fingerprint density at radius 1 is 1.03 bits per heavy atom. The summed E-state index contributed by atoms with van der Waals surface area (Å²) in [5.74, 6) is 1.08. The van der Waals surface area contributed by atoms with Crippen LogP contribution in [0.5, 0.6) is 11.5 Å². The van der Waals surface area contributed by atoms with Crippen molar-refractivity contribution in [1.82, 2.24) is 0 Å². The first-order chi connectivity index (χ1) is 17.8. The van der Waals surface area contributed by atoms with Crippen molar-refractivity contribution in [1.29, 1.82) is 0 Å². The molecule has 5 nitrogen and oxygen atoms in total. The maximum absolute atomic E-state index is 12.9. The van der Waals surface area contributed by atoms with Crippen LogP contribution in [0.1, 0.15) is 35.1 Å². The summed E-state index contributed by atoms with van der Waals surface area (Å²) in [6.07, 6.45) is 3.29. The van der Waals surface area contributed by atoms with E-state index in [-0.39, 0.29) is 25.1 Å². The Labute approximate surface area is 219 Å². The summed E-state index contributed by atoms with van der Waals surface area (Å²) in [4.78, 5) is 0. The molecule has 2 aliphatic heterocycles. The molecule has 5 rings (SSSR count). The van der Waals surface area contributed by atoms with E-state index in [9.17, 15) is 13.5 Å². The zero-order valence-corrected chi connectivity index (χ0v) is 22.0. The van der Waals surface area contributed by atoms with Gasteiger partial charge in [-0.1, -0.05) is 54.6 Å². The Balaban J connectivity index is 1.40. The molecular formula is C31H32O5S. The van der Waals surface area contributed by atoms with E-state index in [4.69, 9.17) is 9.47 Å². The molecule has 0 spiro atoms. The van der Waals surface area contributed by atoms with Crippen molar-refractivity contribution >= 4 is 21.5 Å². The first-order valence-electron chi connectivity index (χ1n) is 12.6. The zero-order chi connectivity index (χ0) is 26.0. The van der Waals surface area contributed by atoms with Gasteiger partial charge in [0.2, 0.25) is 0 Å². The molecule has 2 heterocycles. The van der Waals surface area contributed by atoms with E-state index in [2.05, 4.69) is 18.2 Å². The lowest BCUT2D eigenvalue weighted by Crippen LogP contribution is -2.19. The average Bonchev–Trinajstić information content (AvgIpc) is 3.44. The predicted molar refractivity (Wildman–Crippen MR) is 147 cm³/mol. The molecule has 0 radical (unpaired) electrons. The van der Waals surface area contributed by atoms with Gasteiger partial charge in [0.1, 0.15) is 23.4 Å². The topological polar surface area (TPSA) is 72.8 Å². The third-order valence-electron chi connectivity index (χ3n) is 7.19. The fourth-order valence-electron chi connectivity index (χ4n) is 5.33. The number of sulfone groups is 1. The number of phenols is 1. The smallest absolute Gasteiger partial charge is 0.163 e. The van der Waals surface area contributed by atoms with Crippen LogP contribution in [-0.2, 0) is 14.6 Å². The molecule has 3 aromatic carbocycles. The quantitative estimate of drug-likeness (QED) is 0.298. The van der Waals surface area contributed by atoms with E-state index in [1.165, 1.54) is 0 Å². The van der Waals surface area contributed by atoms with Gasteiger partial charge in [-0.05, 0) is 89.9 Å². The van der Waals surface area contributed by atoms with Crippen LogP contribution < -0.4 is 4.74 Å². The largest absolute Gasteiger partial charge is 0.507 e. The number of allylic oxidation sites excluding steroid dienone is 1. The highest BCUT2D eigenvalue weighted by atomic mass is 32.2. The van der Waals surface area contributed by atoms with E-state index in [1.807, 2.05) is 74.5 Å². The fourth-order valence-corrected chi connectivity index (χ4v) is 7.26. The SMILES string of the molecule is Cc1cc(/C=C(/CC[C@H]2OC[C@H]3C2=C(COc2ccccc2)CS3(=O)=O)c2ccccc2)cc(C)c1O. The van der Waals surface area contributed by atoms with Crippen LogP contribution in [0.2, 0.25) is 0 Å². The van der Waals surface area contributed by atoms with Gasteiger partial charge in [0.05, 0.1) is 18.5 Å². The summed E-state index contributed by atoms with van der Waals surface area (Å²) in [7, 11) is -3.28. The Morgan fingerprint density at radius 2 is 1.68 bits per heavy atom.